The average Bonchev–Trinajstić information content (AvgIpc) is 2.86. The molecule has 2 unspecified atom stereocenters. The molecule has 1 fully saturated rings. The van der Waals surface area contributed by atoms with Crippen LogP contribution in [0.2, 0.25) is 0 Å². The summed E-state index contributed by atoms with van der Waals surface area (Å²) in [5, 5.41) is 8.10. The predicted octanol–water partition coefficient (Wildman–Crippen LogP) is 0.830. The lowest BCUT2D eigenvalue weighted by atomic mass is 9.97. The van der Waals surface area contributed by atoms with E-state index in [1.54, 1.807) is 12.5 Å². The summed E-state index contributed by atoms with van der Waals surface area (Å²) in [6.45, 7) is 3.05. The number of nitrogens with zero attached hydrogens (tertiary/aromatic N) is 5. The van der Waals surface area contributed by atoms with Crippen molar-refractivity contribution in [2.24, 2.45) is 5.73 Å². The number of nitrogens with two attached hydrogens (primary N) is 1. The van der Waals surface area contributed by atoms with Gasteiger partial charge in [0.15, 0.2) is 5.82 Å². The van der Waals surface area contributed by atoms with E-state index in [9.17, 15) is 0 Å². The molecule has 18 heavy (non-hydrogen) atoms. The molecule has 6 heteroatoms. The third-order valence-electron chi connectivity index (χ3n) is 3.63. The number of fused-ring (bicyclic) bond motifs is 1. The molecule has 96 valence electrons. The fraction of sp³-hybridized carbons (Fsp3) is 0.583. The highest BCUT2D eigenvalue weighted by atomic mass is 15.3. The van der Waals surface area contributed by atoms with Gasteiger partial charge in [-0.3, -0.25) is 4.40 Å². The third kappa shape index (κ3) is 1.82. The predicted molar refractivity (Wildman–Crippen MR) is 69.4 cm³/mol. The quantitative estimate of drug-likeness (QED) is 0.849. The molecule has 0 bridgehead atoms. The molecule has 0 aliphatic carbocycles. The Hall–Kier alpha value is -1.69. The summed E-state index contributed by atoms with van der Waals surface area (Å²) in [4.78, 5) is 6.77. The molecule has 2 aromatic rings. The van der Waals surface area contributed by atoms with Crippen molar-refractivity contribution in [1.82, 2.24) is 19.6 Å². The van der Waals surface area contributed by atoms with E-state index < -0.39 is 0 Å². The Morgan fingerprint density at radius 2 is 2.33 bits per heavy atom. The molecule has 0 spiro atoms. The van der Waals surface area contributed by atoms with E-state index in [0.717, 1.165) is 24.4 Å². The number of anilines is 1. The molecule has 0 radical (unpaired) electrons. The van der Waals surface area contributed by atoms with Crippen LogP contribution >= 0.6 is 0 Å². The first-order valence-electron chi connectivity index (χ1n) is 6.44. The van der Waals surface area contributed by atoms with Crippen molar-refractivity contribution in [1.29, 1.82) is 0 Å². The van der Waals surface area contributed by atoms with E-state index in [2.05, 4.69) is 27.0 Å². The second kappa shape index (κ2) is 4.53. The lowest BCUT2D eigenvalue weighted by Crippen LogP contribution is -2.49. The fourth-order valence-electron chi connectivity index (χ4n) is 2.71. The van der Waals surface area contributed by atoms with Crippen LogP contribution in [0, 0.1) is 0 Å². The van der Waals surface area contributed by atoms with Crippen molar-refractivity contribution in [3.63, 3.8) is 0 Å². The molecule has 2 aromatic heterocycles. The van der Waals surface area contributed by atoms with Crippen molar-refractivity contribution in [3.8, 4) is 0 Å². The summed E-state index contributed by atoms with van der Waals surface area (Å²) in [5.74, 6) is 0.900. The monoisotopic (exact) mass is 246 g/mol. The second-order valence-electron chi connectivity index (χ2n) is 4.93. The van der Waals surface area contributed by atoms with Gasteiger partial charge in [-0.25, -0.2) is 4.98 Å². The SMILES string of the molecule is CC(N)C1CCCCN1c1nccn2cnnc12. The average molecular weight is 246 g/mol. The molecule has 2 N–H and O–H groups in total. The molecule has 0 amide bonds. The van der Waals surface area contributed by atoms with Crippen molar-refractivity contribution in [3.05, 3.63) is 18.7 Å². The first-order chi connectivity index (χ1) is 8.77. The maximum absolute atomic E-state index is 6.10. The first-order valence-corrected chi connectivity index (χ1v) is 6.44. The molecule has 0 saturated carbocycles. The van der Waals surface area contributed by atoms with Crippen LogP contribution in [0.25, 0.3) is 5.65 Å². The molecular formula is C12H18N6. The van der Waals surface area contributed by atoms with E-state index in [-0.39, 0.29) is 6.04 Å². The molecule has 0 aromatic carbocycles. The third-order valence-corrected chi connectivity index (χ3v) is 3.63. The molecule has 1 saturated heterocycles. The minimum absolute atomic E-state index is 0.135. The number of aromatic nitrogens is 4. The van der Waals surface area contributed by atoms with Crippen LogP contribution in [0.5, 0.6) is 0 Å². The molecule has 1 aliphatic heterocycles. The first kappa shape index (κ1) is 11.4. The molecule has 3 heterocycles. The van der Waals surface area contributed by atoms with Gasteiger partial charge in [-0.05, 0) is 26.2 Å². The molecule has 3 rings (SSSR count). The largest absolute Gasteiger partial charge is 0.349 e. The number of piperidine rings is 1. The van der Waals surface area contributed by atoms with Crippen molar-refractivity contribution < 1.29 is 0 Å². The highest BCUT2D eigenvalue weighted by Crippen LogP contribution is 2.26. The van der Waals surface area contributed by atoms with Gasteiger partial charge < -0.3 is 10.6 Å². The Morgan fingerprint density at radius 1 is 1.44 bits per heavy atom. The maximum atomic E-state index is 6.10. The van der Waals surface area contributed by atoms with Crippen LogP contribution in [0.4, 0.5) is 5.82 Å². The topological polar surface area (TPSA) is 72.3 Å². The van der Waals surface area contributed by atoms with E-state index in [4.69, 9.17) is 5.73 Å². The zero-order valence-electron chi connectivity index (χ0n) is 10.5. The van der Waals surface area contributed by atoms with Gasteiger partial charge >= 0.3 is 0 Å². The van der Waals surface area contributed by atoms with Crippen molar-refractivity contribution >= 4 is 11.5 Å². The maximum Gasteiger partial charge on any atom is 0.203 e. The van der Waals surface area contributed by atoms with Gasteiger partial charge in [-0.2, -0.15) is 0 Å². The molecule has 6 nitrogen and oxygen atoms in total. The van der Waals surface area contributed by atoms with Crippen LogP contribution < -0.4 is 10.6 Å². The van der Waals surface area contributed by atoms with Crippen LogP contribution in [-0.4, -0.2) is 38.2 Å². The van der Waals surface area contributed by atoms with Crippen molar-refractivity contribution in [2.45, 2.75) is 38.3 Å². The van der Waals surface area contributed by atoms with Gasteiger partial charge in [-0.1, -0.05) is 0 Å². The van der Waals surface area contributed by atoms with Gasteiger partial charge in [0.2, 0.25) is 5.65 Å². The Morgan fingerprint density at radius 3 is 3.17 bits per heavy atom. The van der Waals surface area contributed by atoms with Crippen LogP contribution in [0.3, 0.4) is 0 Å². The number of rotatable bonds is 2. The minimum Gasteiger partial charge on any atom is -0.349 e. The zero-order chi connectivity index (χ0) is 12.5. The lowest BCUT2D eigenvalue weighted by molar-refractivity contribution is 0.411. The van der Waals surface area contributed by atoms with Crippen LogP contribution in [0.15, 0.2) is 18.7 Å². The second-order valence-corrected chi connectivity index (χ2v) is 4.93. The highest BCUT2D eigenvalue weighted by Gasteiger charge is 2.28. The van der Waals surface area contributed by atoms with Gasteiger partial charge in [0.05, 0.1) is 0 Å². The Balaban J connectivity index is 2.03. The molecule has 2 atom stereocenters. The van der Waals surface area contributed by atoms with Crippen LogP contribution in [0.1, 0.15) is 26.2 Å². The van der Waals surface area contributed by atoms with E-state index in [1.165, 1.54) is 12.8 Å². The van der Waals surface area contributed by atoms with E-state index >= 15 is 0 Å². The van der Waals surface area contributed by atoms with E-state index in [0.29, 0.717) is 6.04 Å². The number of hydrogen-bond acceptors (Lipinski definition) is 5. The Labute approximate surface area is 106 Å². The Bertz CT molecular complexity index is 534. The van der Waals surface area contributed by atoms with Gasteiger partial charge in [0, 0.05) is 31.0 Å². The standard InChI is InChI=1S/C12H18N6/c1-9(13)10-4-2-3-6-18(10)11-12-16-15-8-17(12)7-5-14-11/h5,7-10H,2-4,6,13H2,1H3. The summed E-state index contributed by atoms with van der Waals surface area (Å²) >= 11 is 0. The smallest absolute Gasteiger partial charge is 0.203 e. The molecule has 1 aliphatic rings. The van der Waals surface area contributed by atoms with Gasteiger partial charge in [-0.15, -0.1) is 10.2 Å². The molecular weight excluding hydrogens is 228 g/mol. The highest BCUT2D eigenvalue weighted by molar-refractivity contribution is 5.64. The minimum atomic E-state index is 0.135. The van der Waals surface area contributed by atoms with Gasteiger partial charge in [0.25, 0.3) is 0 Å². The Kier molecular flexibility index (Phi) is 2.87. The van der Waals surface area contributed by atoms with Crippen LogP contribution in [-0.2, 0) is 0 Å². The summed E-state index contributed by atoms with van der Waals surface area (Å²) in [6, 6.07) is 0.476. The lowest BCUT2D eigenvalue weighted by Gasteiger charge is -2.38. The van der Waals surface area contributed by atoms with E-state index in [1.807, 2.05) is 10.6 Å². The normalized spacial score (nSPS) is 22.3. The summed E-state index contributed by atoms with van der Waals surface area (Å²) in [5.41, 5.74) is 6.91. The van der Waals surface area contributed by atoms with Crippen molar-refractivity contribution in [2.75, 3.05) is 11.4 Å². The summed E-state index contributed by atoms with van der Waals surface area (Å²) in [6.07, 6.45) is 8.89. The summed E-state index contributed by atoms with van der Waals surface area (Å²) < 4.78 is 1.90. The number of hydrogen-bond donors (Lipinski definition) is 1. The zero-order valence-corrected chi connectivity index (χ0v) is 10.5. The fourth-order valence-corrected chi connectivity index (χ4v) is 2.71. The van der Waals surface area contributed by atoms with Gasteiger partial charge in [0.1, 0.15) is 6.33 Å². The summed E-state index contributed by atoms with van der Waals surface area (Å²) in [7, 11) is 0.